The van der Waals surface area contributed by atoms with E-state index in [-0.39, 0.29) is 5.54 Å². The lowest BCUT2D eigenvalue weighted by atomic mass is 9.92. The molecule has 2 nitrogen and oxygen atoms in total. The summed E-state index contributed by atoms with van der Waals surface area (Å²) in [5.41, 5.74) is 2.80. The molecular formula is C13H19NO. The molecule has 0 aliphatic carbocycles. The SMILES string of the molecule is Cc1ccc(CC2(C)COCCN2)cc1. The standard InChI is InChI=1S/C13H19NO/c1-11-3-5-12(6-4-11)9-13(2)10-15-8-7-14-13/h3-6,14H,7-10H2,1-2H3. The zero-order valence-corrected chi connectivity index (χ0v) is 9.55. The van der Waals surface area contributed by atoms with E-state index >= 15 is 0 Å². The Kier molecular flexibility index (Phi) is 3.08. The Hall–Kier alpha value is -0.860. The van der Waals surface area contributed by atoms with Crippen molar-refractivity contribution in [2.75, 3.05) is 19.8 Å². The number of benzene rings is 1. The summed E-state index contributed by atoms with van der Waals surface area (Å²) in [6.45, 7) is 6.95. The van der Waals surface area contributed by atoms with Crippen LogP contribution in [0, 0.1) is 6.92 Å². The molecule has 15 heavy (non-hydrogen) atoms. The molecular weight excluding hydrogens is 186 g/mol. The molecule has 1 fully saturated rings. The Morgan fingerprint density at radius 1 is 1.33 bits per heavy atom. The number of morpholine rings is 1. The van der Waals surface area contributed by atoms with Gasteiger partial charge in [-0.1, -0.05) is 29.8 Å². The van der Waals surface area contributed by atoms with E-state index in [1.807, 2.05) is 0 Å². The van der Waals surface area contributed by atoms with Crippen LogP contribution in [-0.2, 0) is 11.2 Å². The van der Waals surface area contributed by atoms with Gasteiger partial charge in [0.05, 0.1) is 13.2 Å². The van der Waals surface area contributed by atoms with Gasteiger partial charge in [-0.25, -0.2) is 0 Å². The van der Waals surface area contributed by atoms with Gasteiger partial charge in [-0.15, -0.1) is 0 Å². The lowest BCUT2D eigenvalue weighted by Gasteiger charge is -2.35. The lowest BCUT2D eigenvalue weighted by Crippen LogP contribution is -2.53. The molecule has 0 amide bonds. The number of rotatable bonds is 2. The molecule has 1 aliphatic heterocycles. The van der Waals surface area contributed by atoms with Gasteiger partial charge in [0, 0.05) is 12.1 Å². The Labute approximate surface area is 91.6 Å². The number of hydrogen-bond donors (Lipinski definition) is 1. The fourth-order valence-electron chi connectivity index (χ4n) is 2.04. The van der Waals surface area contributed by atoms with Gasteiger partial charge in [-0.3, -0.25) is 0 Å². The van der Waals surface area contributed by atoms with Crippen LogP contribution in [0.2, 0.25) is 0 Å². The number of ether oxygens (including phenoxy) is 1. The maximum atomic E-state index is 5.52. The van der Waals surface area contributed by atoms with E-state index in [1.54, 1.807) is 0 Å². The minimum absolute atomic E-state index is 0.105. The van der Waals surface area contributed by atoms with Crippen molar-refractivity contribution in [2.24, 2.45) is 0 Å². The zero-order valence-electron chi connectivity index (χ0n) is 9.55. The second-order valence-corrected chi connectivity index (χ2v) is 4.70. The molecule has 0 bridgehead atoms. The summed E-state index contributed by atoms with van der Waals surface area (Å²) in [5.74, 6) is 0. The molecule has 0 radical (unpaired) electrons. The molecule has 1 heterocycles. The largest absolute Gasteiger partial charge is 0.378 e. The molecule has 2 rings (SSSR count). The summed E-state index contributed by atoms with van der Waals surface area (Å²) in [6, 6.07) is 8.75. The van der Waals surface area contributed by atoms with E-state index in [1.165, 1.54) is 11.1 Å². The number of nitrogens with one attached hydrogen (secondary N) is 1. The van der Waals surface area contributed by atoms with E-state index in [9.17, 15) is 0 Å². The number of hydrogen-bond acceptors (Lipinski definition) is 2. The van der Waals surface area contributed by atoms with Crippen LogP contribution in [0.4, 0.5) is 0 Å². The Morgan fingerprint density at radius 3 is 2.67 bits per heavy atom. The first-order valence-corrected chi connectivity index (χ1v) is 5.56. The summed E-state index contributed by atoms with van der Waals surface area (Å²) >= 11 is 0. The summed E-state index contributed by atoms with van der Waals surface area (Å²) in [5, 5.41) is 3.53. The maximum absolute atomic E-state index is 5.52. The van der Waals surface area contributed by atoms with Crippen LogP contribution in [0.25, 0.3) is 0 Å². The van der Waals surface area contributed by atoms with Crippen molar-refractivity contribution >= 4 is 0 Å². The third-order valence-corrected chi connectivity index (χ3v) is 2.93. The van der Waals surface area contributed by atoms with Gasteiger partial charge in [0.1, 0.15) is 0 Å². The summed E-state index contributed by atoms with van der Waals surface area (Å²) in [7, 11) is 0. The Morgan fingerprint density at radius 2 is 2.07 bits per heavy atom. The van der Waals surface area contributed by atoms with E-state index in [2.05, 4.69) is 43.4 Å². The van der Waals surface area contributed by atoms with Crippen LogP contribution in [0.3, 0.4) is 0 Å². The molecule has 0 spiro atoms. The normalized spacial score (nSPS) is 26.5. The molecule has 1 saturated heterocycles. The minimum Gasteiger partial charge on any atom is -0.378 e. The van der Waals surface area contributed by atoms with Crippen molar-refractivity contribution < 1.29 is 4.74 Å². The van der Waals surface area contributed by atoms with Crippen molar-refractivity contribution in [3.05, 3.63) is 35.4 Å². The molecule has 2 heteroatoms. The van der Waals surface area contributed by atoms with Crippen LogP contribution in [0.15, 0.2) is 24.3 Å². The highest BCUT2D eigenvalue weighted by molar-refractivity contribution is 5.23. The summed E-state index contributed by atoms with van der Waals surface area (Å²) in [4.78, 5) is 0. The van der Waals surface area contributed by atoms with Crippen LogP contribution in [0.5, 0.6) is 0 Å². The lowest BCUT2D eigenvalue weighted by molar-refractivity contribution is 0.0356. The first kappa shape index (κ1) is 10.7. The van der Waals surface area contributed by atoms with E-state index in [0.717, 1.165) is 26.2 Å². The fraction of sp³-hybridized carbons (Fsp3) is 0.538. The molecule has 1 aromatic carbocycles. The van der Waals surface area contributed by atoms with Crippen molar-refractivity contribution in [1.82, 2.24) is 5.32 Å². The maximum Gasteiger partial charge on any atom is 0.0649 e. The highest BCUT2D eigenvalue weighted by Crippen LogP contribution is 2.16. The van der Waals surface area contributed by atoms with Gasteiger partial charge < -0.3 is 10.1 Å². The van der Waals surface area contributed by atoms with E-state index < -0.39 is 0 Å². The van der Waals surface area contributed by atoms with Crippen LogP contribution < -0.4 is 5.32 Å². The van der Waals surface area contributed by atoms with Crippen molar-refractivity contribution in [1.29, 1.82) is 0 Å². The summed E-state index contributed by atoms with van der Waals surface area (Å²) < 4.78 is 5.52. The third-order valence-electron chi connectivity index (χ3n) is 2.93. The van der Waals surface area contributed by atoms with Gasteiger partial charge in [-0.05, 0) is 25.8 Å². The minimum atomic E-state index is 0.105. The van der Waals surface area contributed by atoms with Gasteiger partial charge in [-0.2, -0.15) is 0 Å². The second kappa shape index (κ2) is 4.33. The first-order chi connectivity index (χ1) is 7.18. The topological polar surface area (TPSA) is 21.3 Å². The molecule has 82 valence electrons. The van der Waals surface area contributed by atoms with Gasteiger partial charge >= 0.3 is 0 Å². The predicted molar refractivity (Wildman–Crippen MR) is 62.1 cm³/mol. The fourth-order valence-corrected chi connectivity index (χ4v) is 2.04. The Balaban J connectivity index is 2.03. The molecule has 1 N–H and O–H groups in total. The second-order valence-electron chi connectivity index (χ2n) is 4.70. The van der Waals surface area contributed by atoms with Crippen molar-refractivity contribution in [3.63, 3.8) is 0 Å². The average Bonchev–Trinajstić information content (AvgIpc) is 2.22. The molecule has 1 atom stereocenters. The van der Waals surface area contributed by atoms with Crippen molar-refractivity contribution in [3.8, 4) is 0 Å². The highest BCUT2D eigenvalue weighted by Gasteiger charge is 2.26. The molecule has 1 aromatic rings. The smallest absolute Gasteiger partial charge is 0.0649 e. The van der Waals surface area contributed by atoms with Crippen LogP contribution in [0.1, 0.15) is 18.1 Å². The van der Waals surface area contributed by atoms with Crippen LogP contribution >= 0.6 is 0 Å². The highest BCUT2D eigenvalue weighted by atomic mass is 16.5. The Bertz CT molecular complexity index is 312. The molecule has 0 aromatic heterocycles. The van der Waals surface area contributed by atoms with E-state index in [4.69, 9.17) is 4.74 Å². The molecule has 1 unspecified atom stereocenters. The quantitative estimate of drug-likeness (QED) is 0.796. The monoisotopic (exact) mass is 205 g/mol. The summed E-state index contributed by atoms with van der Waals surface area (Å²) in [6.07, 6.45) is 1.04. The predicted octanol–water partition coefficient (Wildman–Crippen LogP) is 1.92. The average molecular weight is 205 g/mol. The zero-order chi connectivity index (χ0) is 10.7. The van der Waals surface area contributed by atoms with Crippen LogP contribution in [-0.4, -0.2) is 25.3 Å². The number of aryl methyl sites for hydroxylation is 1. The van der Waals surface area contributed by atoms with Gasteiger partial charge in [0.2, 0.25) is 0 Å². The molecule has 0 saturated carbocycles. The van der Waals surface area contributed by atoms with Gasteiger partial charge in [0.25, 0.3) is 0 Å². The molecule has 1 aliphatic rings. The van der Waals surface area contributed by atoms with Gasteiger partial charge in [0.15, 0.2) is 0 Å². The van der Waals surface area contributed by atoms with E-state index in [0.29, 0.717) is 0 Å². The third kappa shape index (κ3) is 2.80. The first-order valence-electron chi connectivity index (χ1n) is 5.56. The van der Waals surface area contributed by atoms with Crippen molar-refractivity contribution in [2.45, 2.75) is 25.8 Å².